The van der Waals surface area contributed by atoms with E-state index in [1.165, 1.54) is 0 Å². The highest BCUT2D eigenvalue weighted by molar-refractivity contribution is 7.99. The molecule has 1 aromatic carbocycles. The van der Waals surface area contributed by atoms with E-state index in [1.54, 1.807) is 7.11 Å². The third-order valence-electron chi connectivity index (χ3n) is 3.95. The van der Waals surface area contributed by atoms with E-state index in [0.717, 1.165) is 42.6 Å². The third-order valence-corrected chi connectivity index (χ3v) is 4.92. The van der Waals surface area contributed by atoms with Gasteiger partial charge in [0.2, 0.25) is 5.91 Å². The summed E-state index contributed by atoms with van der Waals surface area (Å²) in [5, 5.41) is 6.81. The number of halogens is 2. The molecule has 2 heterocycles. The molecule has 3 rings (SSSR count). The fourth-order valence-electron chi connectivity index (χ4n) is 2.76. The van der Waals surface area contributed by atoms with Crippen molar-refractivity contribution in [3.63, 3.8) is 0 Å². The zero-order chi connectivity index (χ0) is 14.7. The van der Waals surface area contributed by atoms with Gasteiger partial charge in [-0.25, -0.2) is 0 Å². The highest BCUT2D eigenvalue weighted by Gasteiger charge is 2.33. The Morgan fingerprint density at radius 2 is 2.09 bits per heavy atom. The van der Waals surface area contributed by atoms with Crippen molar-refractivity contribution in [3.8, 4) is 5.75 Å². The minimum atomic E-state index is -0.0422. The van der Waals surface area contributed by atoms with E-state index >= 15 is 0 Å². The zero-order valence-electron chi connectivity index (χ0n) is 13.0. The average molecular weight is 380 g/mol. The summed E-state index contributed by atoms with van der Waals surface area (Å²) in [6, 6.07) is 8.14. The monoisotopic (exact) mass is 379 g/mol. The maximum Gasteiger partial charge on any atom is 0.240 e. The first-order chi connectivity index (χ1) is 10.3. The Balaban J connectivity index is 0.00000132. The molecule has 5 nitrogen and oxygen atoms in total. The molecule has 0 bridgehead atoms. The molecule has 0 unspecified atom stereocenters. The SMILES string of the molecule is COc1ccc(N[C@@H]2CN[C@H](C(=O)N3CCSC3)C2)cc1.Cl.Cl. The van der Waals surface area contributed by atoms with Crippen LogP contribution >= 0.6 is 36.6 Å². The second kappa shape index (κ2) is 9.47. The molecule has 1 aromatic rings. The van der Waals surface area contributed by atoms with Crippen molar-refractivity contribution in [1.82, 2.24) is 10.2 Å². The fraction of sp³-hybridized carbons (Fsp3) is 0.533. The van der Waals surface area contributed by atoms with Gasteiger partial charge in [-0.3, -0.25) is 4.79 Å². The van der Waals surface area contributed by atoms with Crippen LogP contribution in [-0.2, 0) is 4.79 Å². The number of ether oxygens (including phenoxy) is 1. The predicted molar refractivity (Wildman–Crippen MR) is 100 cm³/mol. The number of methoxy groups -OCH3 is 1. The summed E-state index contributed by atoms with van der Waals surface area (Å²) in [6.07, 6.45) is 0.839. The van der Waals surface area contributed by atoms with E-state index < -0.39 is 0 Å². The van der Waals surface area contributed by atoms with Crippen LogP contribution in [0.15, 0.2) is 24.3 Å². The number of hydrogen-bond donors (Lipinski definition) is 2. The molecule has 2 saturated heterocycles. The van der Waals surface area contributed by atoms with Crippen LogP contribution in [0.1, 0.15) is 6.42 Å². The lowest BCUT2D eigenvalue weighted by molar-refractivity contribution is -0.131. The van der Waals surface area contributed by atoms with Gasteiger partial charge in [-0.1, -0.05) is 0 Å². The third kappa shape index (κ3) is 5.08. The number of hydrogen-bond acceptors (Lipinski definition) is 5. The number of carbonyl (C=O) groups excluding carboxylic acids is 1. The van der Waals surface area contributed by atoms with Gasteiger partial charge in [0.25, 0.3) is 0 Å². The summed E-state index contributed by atoms with van der Waals surface area (Å²) >= 11 is 1.83. The summed E-state index contributed by atoms with van der Waals surface area (Å²) in [4.78, 5) is 14.3. The molecule has 0 saturated carbocycles. The van der Waals surface area contributed by atoms with Crippen molar-refractivity contribution in [2.75, 3.05) is 37.1 Å². The number of anilines is 1. The van der Waals surface area contributed by atoms with Crippen molar-refractivity contribution >= 4 is 48.2 Å². The van der Waals surface area contributed by atoms with E-state index in [0.29, 0.717) is 6.04 Å². The highest BCUT2D eigenvalue weighted by Crippen LogP contribution is 2.21. The average Bonchev–Trinajstić information content (AvgIpc) is 3.19. The lowest BCUT2D eigenvalue weighted by atomic mass is 10.1. The van der Waals surface area contributed by atoms with Gasteiger partial charge in [0.1, 0.15) is 5.75 Å². The second-order valence-electron chi connectivity index (χ2n) is 5.41. The van der Waals surface area contributed by atoms with Crippen LogP contribution in [0, 0.1) is 0 Å². The quantitative estimate of drug-likeness (QED) is 0.839. The first kappa shape index (κ1) is 20.2. The molecular formula is C15H23Cl2N3O2S. The molecule has 2 atom stereocenters. The normalized spacial score (nSPS) is 22.9. The van der Waals surface area contributed by atoms with Gasteiger partial charge >= 0.3 is 0 Å². The summed E-state index contributed by atoms with van der Waals surface area (Å²) in [7, 11) is 1.66. The van der Waals surface area contributed by atoms with Crippen LogP contribution in [0.3, 0.4) is 0 Å². The van der Waals surface area contributed by atoms with Gasteiger partial charge in [0.15, 0.2) is 0 Å². The molecule has 0 aliphatic carbocycles. The van der Waals surface area contributed by atoms with Crippen molar-refractivity contribution in [2.45, 2.75) is 18.5 Å². The van der Waals surface area contributed by atoms with E-state index in [9.17, 15) is 4.79 Å². The van der Waals surface area contributed by atoms with E-state index in [2.05, 4.69) is 10.6 Å². The molecule has 2 fully saturated rings. The Labute approximate surface area is 153 Å². The highest BCUT2D eigenvalue weighted by atomic mass is 35.5. The van der Waals surface area contributed by atoms with E-state index in [4.69, 9.17) is 4.74 Å². The van der Waals surface area contributed by atoms with Crippen LogP contribution in [-0.4, -0.2) is 54.7 Å². The Bertz CT molecular complexity index is 498. The summed E-state index contributed by atoms with van der Waals surface area (Å²) in [5.74, 6) is 3.00. The number of nitrogens with zero attached hydrogens (tertiary/aromatic N) is 1. The Morgan fingerprint density at radius 3 is 2.70 bits per heavy atom. The minimum absolute atomic E-state index is 0. The Hall–Kier alpha value is -0.820. The number of thioether (sulfide) groups is 1. The largest absolute Gasteiger partial charge is 0.497 e. The number of amides is 1. The maximum absolute atomic E-state index is 12.3. The number of rotatable bonds is 4. The Morgan fingerprint density at radius 1 is 1.35 bits per heavy atom. The lowest BCUT2D eigenvalue weighted by Gasteiger charge is -2.19. The van der Waals surface area contributed by atoms with Gasteiger partial charge in [0, 0.05) is 30.6 Å². The number of nitrogens with one attached hydrogen (secondary N) is 2. The summed E-state index contributed by atoms with van der Waals surface area (Å²) in [5.41, 5.74) is 1.06. The second-order valence-corrected chi connectivity index (χ2v) is 6.48. The molecule has 23 heavy (non-hydrogen) atoms. The van der Waals surface area contributed by atoms with Crippen LogP contribution in [0.25, 0.3) is 0 Å². The van der Waals surface area contributed by atoms with Crippen molar-refractivity contribution in [3.05, 3.63) is 24.3 Å². The van der Waals surface area contributed by atoms with Crippen LogP contribution in [0.4, 0.5) is 5.69 Å². The number of benzene rings is 1. The molecule has 1 amide bonds. The van der Waals surface area contributed by atoms with Crippen LogP contribution in [0.5, 0.6) is 5.75 Å². The summed E-state index contributed by atoms with van der Waals surface area (Å²) < 4.78 is 5.15. The van der Waals surface area contributed by atoms with Crippen molar-refractivity contribution < 1.29 is 9.53 Å². The topological polar surface area (TPSA) is 53.6 Å². The van der Waals surface area contributed by atoms with E-state index in [-0.39, 0.29) is 36.8 Å². The maximum atomic E-state index is 12.3. The van der Waals surface area contributed by atoms with Crippen molar-refractivity contribution in [1.29, 1.82) is 0 Å². The molecule has 8 heteroatoms. The van der Waals surface area contributed by atoms with Gasteiger partial charge in [-0.05, 0) is 30.7 Å². The molecular weight excluding hydrogens is 357 g/mol. The van der Waals surface area contributed by atoms with Gasteiger partial charge in [-0.2, -0.15) is 0 Å². The molecule has 2 aliphatic heterocycles. The lowest BCUT2D eigenvalue weighted by Crippen LogP contribution is -2.42. The fourth-order valence-corrected chi connectivity index (χ4v) is 3.72. The van der Waals surface area contributed by atoms with Gasteiger partial charge in [-0.15, -0.1) is 36.6 Å². The van der Waals surface area contributed by atoms with Crippen LogP contribution < -0.4 is 15.4 Å². The Kier molecular flexibility index (Phi) is 8.33. The van der Waals surface area contributed by atoms with Crippen LogP contribution in [0.2, 0.25) is 0 Å². The molecule has 0 radical (unpaired) electrons. The van der Waals surface area contributed by atoms with E-state index in [1.807, 2.05) is 40.9 Å². The van der Waals surface area contributed by atoms with Gasteiger partial charge in [0.05, 0.1) is 19.0 Å². The number of carbonyl (C=O) groups is 1. The zero-order valence-corrected chi connectivity index (χ0v) is 15.4. The first-order valence-electron chi connectivity index (χ1n) is 7.27. The smallest absolute Gasteiger partial charge is 0.240 e. The molecule has 0 spiro atoms. The predicted octanol–water partition coefficient (Wildman–Crippen LogP) is 2.21. The molecule has 130 valence electrons. The molecule has 2 N–H and O–H groups in total. The molecule has 0 aromatic heterocycles. The van der Waals surface area contributed by atoms with Gasteiger partial charge < -0.3 is 20.3 Å². The molecule has 2 aliphatic rings. The summed E-state index contributed by atoms with van der Waals surface area (Å²) in [6.45, 7) is 1.71. The first-order valence-corrected chi connectivity index (χ1v) is 8.42. The minimum Gasteiger partial charge on any atom is -0.497 e. The van der Waals surface area contributed by atoms with Crippen molar-refractivity contribution in [2.24, 2.45) is 0 Å². The standard InChI is InChI=1S/C15H21N3O2S.2ClH/c1-20-13-4-2-11(3-5-13)17-12-8-14(16-9-12)15(19)18-6-7-21-10-18;;/h2-5,12,14,16-17H,6-10H2,1H3;2*1H/t12-,14-;;/m0../s1.